The molecule has 0 spiro atoms. The standard InChI is InChI=1S/C14H14O5/c1-2-9(14(16)17)5-6-18-10-3-4-11-12(15)8-19-13(11)7-10/h3-5,7H,2,6,8H2,1H3,(H,16,17). The van der Waals surface area contributed by atoms with Gasteiger partial charge in [-0.05, 0) is 24.6 Å². The van der Waals surface area contributed by atoms with Crippen molar-refractivity contribution in [1.29, 1.82) is 0 Å². The summed E-state index contributed by atoms with van der Waals surface area (Å²) in [5.74, 6) is 0.0838. The zero-order chi connectivity index (χ0) is 13.8. The van der Waals surface area contributed by atoms with Gasteiger partial charge in [0.1, 0.15) is 18.1 Å². The lowest BCUT2D eigenvalue weighted by Gasteiger charge is -2.05. The molecule has 1 aromatic rings. The molecule has 5 heteroatoms. The Kier molecular flexibility index (Phi) is 3.85. The number of carboxylic acid groups (broad SMARTS) is 1. The fourth-order valence-corrected chi connectivity index (χ4v) is 1.78. The maximum absolute atomic E-state index is 11.4. The molecular weight excluding hydrogens is 248 g/mol. The minimum absolute atomic E-state index is 0.0411. The van der Waals surface area contributed by atoms with E-state index in [1.54, 1.807) is 25.1 Å². The quantitative estimate of drug-likeness (QED) is 0.822. The van der Waals surface area contributed by atoms with Gasteiger partial charge in [0.2, 0.25) is 5.78 Å². The fraction of sp³-hybridized carbons (Fsp3) is 0.286. The van der Waals surface area contributed by atoms with E-state index in [0.717, 1.165) is 0 Å². The number of ketones is 1. The van der Waals surface area contributed by atoms with Crippen LogP contribution >= 0.6 is 0 Å². The topological polar surface area (TPSA) is 72.8 Å². The van der Waals surface area contributed by atoms with Crippen LogP contribution in [0.1, 0.15) is 23.7 Å². The molecule has 5 nitrogen and oxygen atoms in total. The lowest BCUT2D eigenvalue weighted by atomic mass is 10.1. The number of hydrogen-bond acceptors (Lipinski definition) is 4. The van der Waals surface area contributed by atoms with Crippen molar-refractivity contribution in [2.24, 2.45) is 0 Å². The largest absolute Gasteiger partial charge is 0.489 e. The molecule has 1 N–H and O–H groups in total. The number of rotatable bonds is 5. The number of ether oxygens (including phenoxy) is 2. The van der Waals surface area contributed by atoms with Crippen LogP contribution in [-0.4, -0.2) is 30.1 Å². The zero-order valence-electron chi connectivity index (χ0n) is 10.5. The molecule has 2 rings (SSSR count). The van der Waals surface area contributed by atoms with Crippen molar-refractivity contribution >= 4 is 11.8 Å². The van der Waals surface area contributed by atoms with Crippen molar-refractivity contribution in [2.75, 3.05) is 13.2 Å². The molecule has 0 unspecified atom stereocenters. The zero-order valence-corrected chi connectivity index (χ0v) is 10.5. The monoisotopic (exact) mass is 262 g/mol. The molecule has 0 amide bonds. The number of carboxylic acids is 1. The maximum Gasteiger partial charge on any atom is 0.331 e. The van der Waals surface area contributed by atoms with Crippen LogP contribution in [0.15, 0.2) is 29.8 Å². The Bertz CT molecular complexity index is 545. The number of Topliss-reactive ketones (excluding diaryl/α,β-unsaturated/α-hetero) is 1. The first-order chi connectivity index (χ1) is 9.11. The van der Waals surface area contributed by atoms with E-state index in [1.807, 2.05) is 0 Å². The second kappa shape index (κ2) is 5.56. The van der Waals surface area contributed by atoms with E-state index in [4.69, 9.17) is 14.6 Å². The average Bonchev–Trinajstić information content (AvgIpc) is 2.75. The molecule has 0 atom stereocenters. The highest BCUT2D eigenvalue weighted by atomic mass is 16.5. The lowest BCUT2D eigenvalue weighted by Crippen LogP contribution is -2.03. The minimum atomic E-state index is -0.936. The Morgan fingerprint density at radius 3 is 3.00 bits per heavy atom. The highest BCUT2D eigenvalue weighted by molar-refractivity contribution is 6.02. The van der Waals surface area contributed by atoms with Gasteiger partial charge in [0.05, 0.1) is 5.56 Å². The molecule has 1 aromatic carbocycles. The van der Waals surface area contributed by atoms with Gasteiger partial charge in [-0.1, -0.05) is 6.92 Å². The lowest BCUT2D eigenvalue weighted by molar-refractivity contribution is -0.132. The second-order valence-electron chi connectivity index (χ2n) is 4.07. The third-order valence-corrected chi connectivity index (χ3v) is 2.85. The van der Waals surface area contributed by atoms with Crippen molar-refractivity contribution in [3.63, 3.8) is 0 Å². The summed E-state index contributed by atoms with van der Waals surface area (Å²) in [4.78, 5) is 22.1. The molecule has 0 bridgehead atoms. The SMILES string of the molecule is CCC(=CCOc1ccc2c(c1)OCC2=O)C(=O)O. The Labute approximate surface area is 110 Å². The molecule has 0 fully saturated rings. The summed E-state index contributed by atoms with van der Waals surface area (Å²) in [6, 6.07) is 4.97. The van der Waals surface area contributed by atoms with Crippen LogP contribution in [0.3, 0.4) is 0 Å². The van der Waals surface area contributed by atoms with E-state index in [1.165, 1.54) is 6.08 Å². The van der Waals surface area contributed by atoms with Gasteiger partial charge in [-0.25, -0.2) is 4.79 Å². The number of benzene rings is 1. The van der Waals surface area contributed by atoms with Crippen LogP contribution in [0.5, 0.6) is 11.5 Å². The molecule has 0 saturated heterocycles. The highest BCUT2D eigenvalue weighted by Crippen LogP contribution is 2.29. The molecule has 100 valence electrons. The van der Waals surface area contributed by atoms with Gasteiger partial charge in [0.25, 0.3) is 0 Å². The summed E-state index contributed by atoms with van der Waals surface area (Å²) in [6.07, 6.45) is 1.97. The molecule has 1 aliphatic rings. The number of carbonyl (C=O) groups excluding carboxylic acids is 1. The van der Waals surface area contributed by atoms with Crippen LogP contribution in [0, 0.1) is 0 Å². The highest BCUT2D eigenvalue weighted by Gasteiger charge is 2.21. The van der Waals surface area contributed by atoms with Gasteiger partial charge >= 0.3 is 5.97 Å². The van der Waals surface area contributed by atoms with E-state index in [9.17, 15) is 9.59 Å². The normalized spacial score (nSPS) is 13.9. The van der Waals surface area contributed by atoms with Crippen molar-refractivity contribution in [3.05, 3.63) is 35.4 Å². The summed E-state index contributed by atoms with van der Waals surface area (Å²) in [7, 11) is 0. The molecule has 1 aliphatic heterocycles. The Hall–Kier alpha value is -2.30. The Morgan fingerprint density at radius 2 is 2.32 bits per heavy atom. The first-order valence-corrected chi connectivity index (χ1v) is 5.97. The first-order valence-electron chi connectivity index (χ1n) is 5.97. The summed E-state index contributed by atoms with van der Waals surface area (Å²) >= 11 is 0. The van der Waals surface area contributed by atoms with E-state index in [0.29, 0.717) is 29.1 Å². The van der Waals surface area contributed by atoms with Gasteiger partial charge in [-0.15, -0.1) is 0 Å². The molecule has 1 heterocycles. The molecule has 0 saturated carbocycles. The van der Waals surface area contributed by atoms with Gasteiger partial charge in [-0.2, -0.15) is 0 Å². The smallest absolute Gasteiger partial charge is 0.331 e. The predicted molar refractivity (Wildman–Crippen MR) is 67.8 cm³/mol. The Morgan fingerprint density at radius 1 is 1.53 bits per heavy atom. The van der Waals surface area contributed by atoms with Crippen LogP contribution in [-0.2, 0) is 4.79 Å². The van der Waals surface area contributed by atoms with Gasteiger partial charge in [0, 0.05) is 11.6 Å². The van der Waals surface area contributed by atoms with Gasteiger partial charge in [0.15, 0.2) is 6.61 Å². The Balaban J connectivity index is 2.01. The minimum Gasteiger partial charge on any atom is -0.489 e. The predicted octanol–water partition coefficient (Wildman–Crippen LogP) is 2.06. The molecular formula is C14H14O5. The van der Waals surface area contributed by atoms with E-state index >= 15 is 0 Å². The first kappa shape index (κ1) is 13.1. The number of aliphatic carboxylic acids is 1. The second-order valence-corrected chi connectivity index (χ2v) is 4.07. The van der Waals surface area contributed by atoms with Crippen LogP contribution < -0.4 is 9.47 Å². The molecule has 0 radical (unpaired) electrons. The van der Waals surface area contributed by atoms with Crippen LogP contribution in [0.4, 0.5) is 0 Å². The third-order valence-electron chi connectivity index (χ3n) is 2.85. The number of fused-ring (bicyclic) bond motifs is 1. The molecule has 0 aromatic heterocycles. The van der Waals surface area contributed by atoms with Crippen molar-refractivity contribution in [3.8, 4) is 11.5 Å². The third kappa shape index (κ3) is 2.93. The van der Waals surface area contributed by atoms with Crippen molar-refractivity contribution < 1.29 is 24.2 Å². The number of hydrogen-bond donors (Lipinski definition) is 1. The molecule has 0 aliphatic carbocycles. The summed E-state index contributed by atoms with van der Waals surface area (Å²) in [6.45, 7) is 2.01. The summed E-state index contributed by atoms with van der Waals surface area (Å²) in [5.41, 5.74) is 0.871. The fourth-order valence-electron chi connectivity index (χ4n) is 1.78. The summed E-state index contributed by atoms with van der Waals surface area (Å²) < 4.78 is 10.6. The summed E-state index contributed by atoms with van der Waals surface area (Å²) in [5, 5.41) is 8.85. The van der Waals surface area contributed by atoms with E-state index in [-0.39, 0.29) is 19.0 Å². The van der Waals surface area contributed by atoms with Gasteiger partial charge in [-0.3, -0.25) is 4.79 Å². The number of carbonyl (C=O) groups is 2. The maximum atomic E-state index is 11.4. The average molecular weight is 262 g/mol. The van der Waals surface area contributed by atoms with Crippen molar-refractivity contribution in [1.82, 2.24) is 0 Å². The molecule has 19 heavy (non-hydrogen) atoms. The van der Waals surface area contributed by atoms with Crippen LogP contribution in [0.25, 0.3) is 0 Å². The van der Waals surface area contributed by atoms with E-state index < -0.39 is 5.97 Å². The van der Waals surface area contributed by atoms with E-state index in [2.05, 4.69) is 0 Å². The van der Waals surface area contributed by atoms with Crippen molar-refractivity contribution in [2.45, 2.75) is 13.3 Å². The van der Waals surface area contributed by atoms with Crippen LogP contribution in [0.2, 0.25) is 0 Å². The van der Waals surface area contributed by atoms with Gasteiger partial charge < -0.3 is 14.6 Å².